The molecule has 1 saturated heterocycles. The van der Waals surface area contributed by atoms with Crippen molar-refractivity contribution in [2.75, 3.05) is 18.9 Å². The number of nitrogen functional groups attached to an aromatic ring is 1. The van der Waals surface area contributed by atoms with Crippen molar-refractivity contribution in [1.29, 1.82) is 0 Å². The van der Waals surface area contributed by atoms with Gasteiger partial charge in [-0.15, -0.1) is 5.11 Å². The lowest BCUT2D eigenvalue weighted by molar-refractivity contribution is 0.0463. The minimum atomic E-state index is 0.171. The van der Waals surface area contributed by atoms with E-state index in [1.807, 2.05) is 50.3 Å². The second-order valence-corrected chi connectivity index (χ2v) is 6.83. The lowest BCUT2D eigenvalue weighted by atomic mass is 10.0. The fourth-order valence-electron chi connectivity index (χ4n) is 3.14. The third-order valence-electron chi connectivity index (χ3n) is 4.76. The van der Waals surface area contributed by atoms with E-state index in [2.05, 4.69) is 22.9 Å². The first-order valence-electron chi connectivity index (χ1n) is 9.55. The Morgan fingerprint density at radius 1 is 1.32 bits per heavy atom. The summed E-state index contributed by atoms with van der Waals surface area (Å²) >= 11 is 0. The Bertz CT molecular complexity index is 938. The molecule has 2 N–H and O–H groups in total. The van der Waals surface area contributed by atoms with Gasteiger partial charge >= 0.3 is 0 Å². The van der Waals surface area contributed by atoms with E-state index in [0.29, 0.717) is 29.4 Å². The zero-order chi connectivity index (χ0) is 19.9. The van der Waals surface area contributed by atoms with Crippen LogP contribution in [0.2, 0.25) is 0 Å². The lowest BCUT2D eigenvalue weighted by Gasteiger charge is -2.11. The van der Waals surface area contributed by atoms with Crippen LogP contribution >= 0.6 is 0 Å². The number of ether oxygens (including phenoxy) is 2. The Balaban J connectivity index is 1.67. The average Bonchev–Trinajstić information content (AvgIpc) is 3.23. The first-order valence-corrected chi connectivity index (χ1v) is 9.55. The SMILES string of the molecule is C=C(/C=C\C(=C/C)N=Nc1cc(C)c2ccccc2c1N)OCC1CCCO1. The number of azo groups is 1. The Kier molecular flexibility index (Phi) is 6.61. The van der Waals surface area contributed by atoms with Crippen molar-refractivity contribution < 1.29 is 9.47 Å². The van der Waals surface area contributed by atoms with Gasteiger partial charge in [0.25, 0.3) is 0 Å². The molecule has 1 heterocycles. The first kappa shape index (κ1) is 19.8. The molecule has 1 unspecified atom stereocenters. The van der Waals surface area contributed by atoms with Crippen LogP contribution in [-0.4, -0.2) is 19.3 Å². The van der Waals surface area contributed by atoms with E-state index >= 15 is 0 Å². The molecular weight excluding hydrogens is 350 g/mol. The van der Waals surface area contributed by atoms with Gasteiger partial charge in [-0.2, -0.15) is 5.11 Å². The molecular formula is C23H27N3O2. The zero-order valence-electron chi connectivity index (χ0n) is 16.5. The van der Waals surface area contributed by atoms with Gasteiger partial charge in [0.15, 0.2) is 0 Å². The minimum Gasteiger partial charge on any atom is -0.492 e. The summed E-state index contributed by atoms with van der Waals surface area (Å²) in [6, 6.07) is 10.0. The maximum Gasteiger partial charge on any atom is 0.114 e. The van der Waals surface area contributed by atoms with E-state index in [1.165, 1.54) is 0 Å². The van der Waals surface area contributed by atoms with Crippen molar-refractivity contribution >= 4 is 22.1 Å². The predicted molar refractivity (Wildman–Crippen MR) is 115 cm³/mol. The van der Waals surface area contributed by atoms with Crippen LogP contribution in [-0.2, 0) is 9.47 Å². The van der Waals surface area contributed by atoms with Crippen LogP contribution in [0.5, 0.6) is 0 Å². The second kappa shape index (κ2) is 9.33. The molecule has 5 heteroatoms. The summed E-state index contributed by atoms with van der Waals surface area (Å²) in [7, 11) is 0. The number of benzene rings is 2. The molecule has 0 aliphatic carbocycles. The molecule has 0 aromatic heterocycles. The van der Waals surface area contributed by atoms with E-state index in [0.717, 1.165) is 35.8 Å². The van der Waals surface area contributed by atoms with Gasteiger partial charge in [-0.3, -0.25) is 0 Å². The highest BCUT2D eigenvalue weighted by Gasteiger charge is 2.15. The molecule has 1 aliphatic rings. The van der Waals surface area contributed by atoms with E-state index < -0.39 is 0 Å². The number of allylic oxidation sites excluding steroid dienone is 3. The van der Waals surface area contributed by atoms with Crippen LogP contribution in [0.1, 0.15) is 25.3 Å². The molecule has 0 radical (unpaired) electrons. The van der Waals surface area contributed by atoms with Crippen LogP contribution in [0.3, 0.4) is 0 Å². The lowest BCUT2D eigenvalue weighted by Crippen LogP contribution is -2.13. The highest BCUT2D eigenvalue weighted by molar-refractivity contribution is 6.00. The Hall–Kier alpha value is -2.92. The summed E-state index contributed by atoms with van der Waals surface area (Å²) in [5.41, 5.74) is 9.42. The number of nitrogens with zero attached hydrogens (tertiary/aromatic N) is 2. The first-order chi connectivity index (χ1) is 13.6. The van der Waals surface area contributed by atoms with E-state index in [9.17, 15) is 0 Å². The number of hydrogen-bond donors (Lipinski definition) is 1. The summed E-state index contributed by atoms with van der Waals surface area (Å²) in [4.78, 5) is 0. The quantitative estimate of drug-likeness (QED) is 0.279. The van der Waals surface area contributed by atoms with E-state index in [-0.39, 0.29) is 6.10 Å². The van der Waals surface area contributed by atoms with Crippen LogP contribution in [0.25, 0.3) is 10.8 Å². The fraction of sp³-hybridized carbons (Fsp3) is 0.304. The van der Waals surface area contributed by atoms with Gasteiger partial charge in [-0.1, -0.05) is 36.9 Å². The topological polar surface area (TPSA) is 69.2 Å². The van der Waals surface area contributed by atoms with Crippen molar-refractivity contribution in [3.8, 4) is 0 Å². The van der Waals surface area contributed by atoms with Gasteiger partial charge in [-0.25, -0.2) is 0 Å². The third-order valence-corrected chi connectivity index (χ3v) is 4.76. The highest BCUT2D eigenvalue weighted by atomic mass is 16.5. The van der Waals surface area contributed by atoms with Gasteiger partial charge in [-0.05, 0) is 55.9 Å². The number of nitrogens with two attached hydrogens (primary N) is 1. The zero-order valence-corrected chi connectivity index (χ0v) is 16.5. The number of fused-ring (bicyclic) bond motifs is 1. The van der Waals surface area contributed by atoms with Crippen LogP contribution in [0.4, 0.5) is 11.4 Å². The van der Waals surface area contributed by atoms with Crippen molar-refractivity contribution in [3.05, 3.63) is 72.2 Å². The fourth-order valence-corrected chi connectivity index (χ4v) is 3.14. The largest absolute Gasteiger partial charge is 0.492 e. The van der Waals surface area contributed by atoms with Crippen LogP contribution in [0, 0.1) is 6.92 Å². The standard InChI is InChI=1S/C23H27N3O2/c1-4-18(12-11-17(3)28-15-19-8-7-13-27-19)25-26-22-14-16(2)20-9-5-6-10-21(20)23(22)24/h4-6,9-12,14,19H,3,7-8,13,15,24H2,1-2H3/b12-11-,18-4+,26-25?. The highest BCUT2D eigenvalue weighted by Crippen LogP contribution is 2.34. The normalized spacial score (nSPS) is 17.8. The number of aryl methyl sites for hydroxylation is 1. The molecule has 3 rings (SSSR count). The summed E-state index contributed by atoms with van der Waals surface area (Å²) in [5, 5.41) is 10.8. The van der Waals surface area contributed by atoms with Crippen molar-refractivity contribution in [1.82, 2.24) is 0 Å². The molecule has 0 bridgehead atoms. The van der Waals surface area contributed by atoms with Gasteiger partial charge in [0.2, 0.25) is 0 Å². The van der Waals surface area contributed by atoms with Crippen LogP contribution in [0.15, 0.2) is 76.8 Å². The second-order valence-electron chi connectivity index (χ2n) is 6.83. The summed E-state index contributed by atoms with van der Waals surface area (Å²) in [5.74, 6) is 0.575. The average molecular weight is 377 g/mol. The molecule has 2 aromatic carbocycles. The van der Waals surface area contributed by atoms with Gasteiger partial charge in [0, 0.05) is 12.0 Å². The molecule has 1 aliphatic heterocycles. The molecule has 1 atom stereocenters. The predicted octanol–water partition coefficient (Wildman–Crippen LogP) is 5.98. The minimum absolute atomic E-state index is 0.171. The van der Waals surface area contributed by atoms with Crippen molar-refractivity contribution in [2.45, 2.75) is 32.8 Å². The molecule has 0 spiro atoms. The Labute approximate surface area is 166 Å². The van der Waals surface area contributed by atoms with Gasteiger partial charge < -0.3 is 15.2 Å². The van der Waals surface area contributed by atoms with Crippen molar-refractivity contribution in [2.24, 2.45) is 10.2 Å². The number of rotatable bonds is 7. The Morgan fingerprint density at radius 3 is 2.82 bits per heavy atom. The van der Waals surface area contributed by atoms with E-state index in [1.54, 1.807) is 6.08 Å². The van der Waals surface area contributed by atoms with Gasteiger partial charge in [0.05, 0.1) is 17.5 Å². The molecule has 28 heavy (non-hydrogen) atoms. The summed E-state index contributed by atoms with van der Waals surface area (Å²) < 4.78 is 11.2. The molecule has 0 saturated carbocycles. The van der Waals surface area contributed by atoms with Crippen molar-refractivity contribution in [3.63, 3.8) is 0 Å². The molecule has 0 amide bonds. The molecule has 5 nitrogen and oxygen atoms in total. The third kappa shape index (κ3) is 4.87. The van der Waals surface area contributed by atoms with Crippen LogP contribution < -0.4 is 5.73 Å². The van der Waals surface area contributed by atoms with E-state index in [4.69, 9.17) is 15.2 Å². The summed E-state index contributed by atoms with van der Waals surface area (Å²) in [6.07, 6.45) is 7.79. The number of hydrogen-bond acceptors (Lipinski definition) is 5. The molecule has 2 aromatic rings. The molecule has 1 fully saturated rings. The Morgan fingerprint density at radius 2 is 2.11 bits per heavy atom. The summed E-state index contributed by atoms with van der Waals surface area (Å²) in [6.45, 7) is 9.22. The monoisotopic (exact) mass is 377 g/mol. The smallest absolute Gasteiger partial charge is 0.114 e. The maximum absolute atomic E-state index is 6.30. The van der Waals surface area contributed by atoms with Gasteiger partial charge in [0.1, 0.15) is 18.1 Å². The maximum atomic E-state index is 6.30. The molecule has 146 valence electrons. The number of anilines is 1.